The number of rotatable bonds is 3. The van der Waals surface area contributed by atoms with E-state index in [9.17, 15) is 4.79 Å². The highest BCUT2D eigenvalue weighted by Gasteiger charge is 2.12. The second-order valence-electron chi connectivity index (χ2n) is 5.17. The molecule has 0 amide bonds. The first kappa shape index (κ1) is 13.3. The molecular weight excluding hydrogens is 220 g/mol. The second kappa shape index (κ2) is 5.04. The van der Waals surface area contributed by atoms with Gasteiger partial charge in [-0.3, -0.25) is 4.79 Å². The van der Waals surface area contributed by atoms with Crippen LogP contribution in [0.2, 0.25) is 0 Å². The lowest BCUT2D eigenvalue weighted by molar-refractivity contribution is 0.783. The third-order valence-electron chi connectivity index (χ3n) is 2.04. The lowest BCUT2D eigenvalue weighted by Gasteiger charge is -2.17. The molecule has 16 heavy (non-hydrogen) atoms. The normalized spacial score (nSPS) is 12.1. The number of thioether (sulfide) groups is 1. The van der Waals surface area contributed by atoms with Gasteiger partial charge in [0.05, 0.1) is 11.4 Å². The van der Waals surface area contributed by atoms with Crippen LogP contribution in [0.25, 0.3) is 0 Å². The zero-order valence-corrected chi connectivity index (χ0v) is 11.4. The topological polar surface area (TPSA) is 45.8 Å². The first-order chi connectivity index (χ1) is 7.28. The van der Waals surface area contributed by atoms with Crippen molar-refractivity contribution in [3.05, 3.63) is 27.9 Å². The fourth-order valence-electron chi connectivity index (χ4n) is 1.18. The van der Waals surface area contributed by atoms with Crippen LogP contribution in [0.3, 0.4) is 0 Å². The molecule has 0 fully saturated rings. The van der Waals surface area contributed by atoms with E-state index < -0.39 is 0 Å². The van der Waals surface area contributed by atoms with Gasteiger partial charge in [-0.05, 0) is 5.92 Å². The largest absolute Gasteiger partial charge is 0.310 e. The molecule has 0 radical (unpaired) electrons. The average molecular weight is 240 g/mol. The summed E-state index contributed by atoms with van der Waals surface area (Å²) in [5.74, 6) is 1.82. The van der Waals surface area contributed by atoms with Crippen molar-refractivity contribution in [3.63, 3.8) is 0 Å². The second-order valence-corrected chi connectivity index (χ2v) is 6.97. The molecular formula is C12H20N2OS. The van der Waals surface area contributed by atoms with Crippen LogP contribution in [0, 0.1) is 0 Å². The predicted octanol–water partition coefficient (Wildman–Crippen LogP) is 2.93. The van der Waals surface area contributed by atoms with Crippen molar-refractivity contribution in [3.8, 4) is 0 Å². The highest BCUT2D eigenvalue weighted by molar-refractivity contribution is 7.99. The minimum atomic E-state index is -0.0526. The first-order valence-corrected chi connectivity index (χ1v) is 6.50. The fraction of sp³-hybridized carbons (Fsp3) is 0.667. The standard InChI is InChI=1S/C12H20N2OS/c1-8(2)9-6-11(15)14-10(13-9)7-16-12(3,4)5/h6,8H,7H2,1-5H3,(H,13,14,15). The molecule has 0 aliphatic rings. The van der Waals surface area contributed by atoms with E-state index in [1.807, 2.05) is 13.8 Å². The predicted molar refractivity (Wildman–Crippen MR) is 70.0 cm³/mol. The van der Waals surface area contributed by atoms with Gasteiger partial charge < -0.3 is 4.98 Å². The summed E-state index contributed by atoms with van der Waals surface area (Å²) in [5, 5.41) is 0. The molecule has 1 aromatic rings. The molecule has 90 valence electrons. The SMILES string of the molecule is CC(C)c1cc(=O)[nH]c(CSC(C)(C)C)n1. The van der Waals surface area contributed by atoms with Gasteiger partial charge in [-0.2, -0.15) is 0 Å². The van der Waals surface area contributed by atoms with Crippen LogP contribution in [-0.4, -0.2) is 14.7 Å². The molecule has 0 aromatic carbocycles. The summed E-state index contributed by atoms with van der Waals surface area (Å²) >= 11 is 1.78. The quantitative estimate of drug-likeness (QED) is 0.883. The summed E-state index contributed by atoms with van der Waals surface area (Å²) in [6.45, 7) is 10.6. The molecule has 3 nitrogen and oxygen atoms in total. The first-order valence-electron chi connectivity index (χ1n) is 5.52. The van der Waals surface area contributed by atoms with E-state index >= 15 is 0 Å². The summed E-state index contributed by atoms with van der Waals surface area (Å²) in [6.07, 6.45) is 0. The van der Waals surface area contributed by atoms with Gasteiger partial charge in [-0.25, -0.2) is 4.98 Å². The molecule has 0 saturated heterocycles. The maximum absolute atomic E-state index is 11.4. The molecule has 0 aliphatic carbocycles. The highest BCUT2D eigenvalue weighted by Crippen LogP contribution is 2.25. The zero-order chi connectivity index (χ0) is 12.3. The smallest absolute Gasteiger partial charge is 0.251 e. The summed E-state index contributed by atoms with van der Waals surface area (Å²) in [4.78, 5) is 18.7. The van der Waals surface area contributed by atoms with E-state index in [4.69, 9.17) is 0 Å². The molecule has 1 aromatic heterocycles. The zero-order valence-electron chi connectivity index (χ0n) is 10.6. The van der Waals surface area contributed by atoms with Gasteiger partial charge in [0, 0.05) is 10.8 Å². The van der Waals surface area contributed by atoms with Gasteiger partial charge in [0.1, 0.15) is 5.82 Å². The Morgan fingerprint density at radius 3 is 2.56 bits per heavy atom. The molecule has 1 heterocycles. The van der Waals surface area contributed by atoms with E-state index in [0.717, 1.165) is 17.3 Å². The van der Waals surface area contributed by atoms with E-state index in [0.29, 0.717) is 5.92 Å². The van der Waals surface area contributed by atoms with E-state index in [2.05, 4.69) is 30.7 Å². The number of hydrogen-bond donors (Lipinski definition) is 1. The van der Waals surface area contributed by atoms with E-state index in [-0.39, 0.29) is 10.3 Å². The van der Waals surface area contributed by atoms with Crippen LogP contribution in [0.5, 0.6) is 0 Å². The summed E-state index contributed by atoms with van der Waals surface area (Å²) in [6, 6.07) is 1.58. The highest BCUT2D eigenvalue weighted by atomic mass is 32.2. The van der Waals surface area contributed by atoms with Crippen LogP contribution in [0.15, 0.2) is 10.9 Å². The van der Waals surface area contributed by atoms with Crippen molar-refractivity contribution in [2.24, 2.45) is 0 Å². The Kier molecular flexibility index (Phi) is 4.19. The van der Waals surface area contributed by atoms with Crippen LogP contribution < -0.4 is 5.56 Å². The lowest BCUT2D eigenvalue weighted by atomic mass is 10.1. The molecule has 0 unspecified atom stereocenters. The van der Waals surface area contributed by atoms with Crippen molar-refractivity contribution >= 4 is 11.8 Å². The number of H-pyrrole nitrogens is 1. The third-order valence-corrected chi connectivity index (χ3v) is 3.33. The third kappa shape index (κ3) is 4.39. The van der Waals surface area contributed by atoms with E-state index in [1.165, 1.54) is 0 Å². The van der Waals surface area contributed by atoms with Crippen molar-refractivity contribution in [1.82, 2.24) is 9.97 Å². The molecule has 0 bridgehead atoms. The number of nitrogens with zero attached hydrogens (tertiary/aromatic N) is 1. The molecule has 4 heteroatoms. The Morgan fingerprint density at radius 2 is 2.06 bits per heavy atom. The minimum absolute atomic E-state index is 0.0526. The maximum Gasteiger partial charge on any atom is 0.251 e. The summed E-state index contributed by atoms with van der Waals surface area (Å²) < 4.78 is 0.187. The molecule has 1 N–H and O–H groups in total. The van der Waals surface area contributed by atoms with Crippen molar-refractivity contribution < 1.29 is 0 Å². The molecule has 1 rings (SSSR count). The summed E-state index contributed by atoms with van der Waals surface area (Å²) in [7, 11) is 0. The summed E-state index contributed by atoms with van der Waals surface area (Å²) in [5.41, 5.74) is 0.816. The molecule has 0 saturated carbocycles. The minimum Gasteiger partial charge on any atom is -0.310 e. The van der Waals surface area contributed by atoms with Gasteiger partial charge in [0.25, 0.3) is 5.56 Å². The van der Waals surface area contributed by atoms with Gasteiger partial charge in [0.15, 0.2) is 0 Å². The van der Waals surface area contributed by atoms with Crippen LogP contribution in [0.1, 0.15) is 52.1 Å². The Balaban J connectivity index is 2.85. The van der Waals surface area contributed by atoms with Gasteiger partial charge >= 0.3 is 0 Å². The van der Waals surface area contributed by atoms with E-state index in [1.54, 1.807) is 17.8 Å². The monoisotopic (exact) mass is 240 g/mol. The van der Waals surface area contributed by atoms with Crippen molar-refractivity contribution in [2.75, 3.05) is 0 Å². The fourth-order valence-corrected chi connectivity index (χ4v) is 1.88. The van der Waals surface area contributed by atoms with Crippen LogP contribution in [0.4, 0.5) is 0 Å². The number of aromatic amines is 1. The number of aromatic nitrogens is 2. The average Bonchev–Trinajstić information content (AvgIpc) is 2.13. The van der Waals surface area contributed by atoms with Crippen LogP contribution in [-0.2, 0) is 5.75 Å². The molecule has 0 aliphatic heterocycles. The van der Waals surface area contributed by atoms with Gasteiger partial charge in [-0.15, -0.1) is 11.8 Å². The van der Waals surface area contributed by atoms with Crippen molar-refractivity contribution in [2.45, 2.75) is 51.0 Å². The number of hydrogen-bond acceptors (Lipinski definition) is 3. The number of nitrogens with one attached hydrogen (secondary N) is 1. The molecule has 0 spiro atoms. The lowest BCUT2D eigenvalue weighted by Crippen LogP contribution is -2.15. The maximum atomic E-state index is 11.4. The Morgan fingerprint density at radius 1 is 1.44 bits per heavy atom. The Labute approximate surface area is 101 Å². The Bertz CT molecular complexity index is 404. The Hall–Kier alpha value is -0.770. The van der Waals surface area contributed by atoms with Crippen LogP contribution >= 0.6 is 11.8 Å². The van der Waals surface area contributed by atoms with Gasteiger partial charge in [-0.1, -0.05) is 34.6 Å². The molecule has 0 atom stereocenters. The van der Waals surface area contributed by atoms with Gasteiger partial charge in [0.2, 0.25) is 0 Å². The van der Waals surface area contributed by atoms with Crippen molar-refractivity contribution in [1.29, 1.82) is 0 Å².